The molecule has 1 amide bonds. The molecule has 0 aromatic rings. The maximum Gasteiger partial charge on any atom is 0.236 e. The first-order valence-corrected chi connectivity index (χ1v) is 6.12. The van der Waals surface area contributed by atoms with Gasteiger partial charge in [-0.1, -0.05) is 13.8 Å². The van der Waals surface area contributed by atoms with Crippen LogP contribution in [-0.4, -0.2) is 36.2 Å². The number of aliphatic hydroxyl groups is 1. The summed E-state index contributed by atoms with van der Waals surface area (Å²) >= 11 is 0. The molecule has 0 rings (SSSR count). The summed E-state index contributed by atoms with van der Waals surface area (Å²) in [5, 5.41) is 15.1. The van der Waals surface area contributed by atoms with Crippen molar-refractivity contribution in [3.05, 3.63) is 0 Å². The van der Waals surface area contributed by atoms with Gasteiger partial charge in [-0.15, -0.1) is 0 Å². The first kappa shape index (κ1) is 15.4. The Morgan fingerprint density at radius 1 is 1.25 bits per heavy atom. The van der Waals surface area contributed by atoms with Gasteiger partial charge < -0.3 is 15.7 Å². The molecular formula is C12H26N2O2. The molecule has 16 heavy (non-hydrogen) atoms. The van der Waals surface area contributed by atoms with E-state index in [0.29, 0.717) is 5.92 Å². The first-order chi connectivity index (χ1) is 7.43. The number of hydrogen-bond donors (Lipinski definition) is 3. The molecule has 4 nitrogen and oxygen atoms in total. The van der Waals surface area contributed by atoms with Crippen molar-refractivity contribution in [2.75, 3.05) is 13.1 Å². The number of hydrogen-bond acceptors (Lipinski definition) is 3. The summed E-state index contributed by atoms with van der Waals surface area (Å²) in [7, 11) is 0. The van der Waals surface area contributed by atoms with Gasteiger partial charge in [0, 0.05) is 6.54 Å². The van der Waals surface area contributed by atoms with E-state index in [2.05, 4.69) is 24.5 Å². The molecule has 0 aromatic carbocycles. The van der Waals surface area contributed by atoms with Gasteiger partial charge in [-0.3, -0.25) is 4.79 Å². The fourth-order valence-electron chi connectivity index (χ4n) is 1.27. The van der Waals surface area contributed by atoms with Gasteiger partial charge in [0.05, 0.1) is 12.1 Å². The van der Waals surface area contributed by atoms with E-state index in [9.17, 15) is 4.79 Å². The van der Waals surface area contributed by atoms with Crippen molar-refractivity contribution >= 4 is 5.91 Å². The summed E-state index contributed by atoms with van der Waals surface area (Å²) in [5.74, 6) is 0.525. The van der Waals surface area contributed by atoms with Crippen LogP contribution in [0.15, 0.2) is 0 Å². The van der Waals surface area contributed by atoms with E-state index in [4.69, 9.17) is 5.11 Å². The fraction of sp³-hybridized carbons (Fsp3) is 0.917. The van der Waals surface area contributed by atoms with E-state index >= 15 is 0 Å². The number of nitrogens with one attached hydrogen (secondary N) is 2. The van der Waals surface area contributed by atoms with Gasteiger partial charge in [0.15, 0.2) is 0 Å². The lowest BCUT2D eigenvalue weighted by atomic mass is 10.2. The van der Waals surface area contributed by atoms with Crippen LogP contribution < -0.4 is 10.6 Å². The predicted molar refractivity (Wildman–Crippen MR) is 66.2 cm³/mol. The predicted octanol–water partition coefficient (Wildman–Crippen LogP) is 0.898. The van der Waals surface area contributed by atoms with Gasteiger partial charge in [0.2, 0.25) is 5.91 Å². The zero-order chi connectivity index (χ0) is 12.6. The molecule has 2 unspecified atom stereocenters. The van der Waals surface area contributed by atoms with Crippen LogP contribution in [0.25, 0.3) is 0 Å². The van der Waals surface area contributed by atoms with Gasteiger partial charge in [0.25, 0.3) is 0 Å². The first-order valence-electron chi connectivity index (χ1n) is 6.12. The van der Waals surface area contributed by atoms with Crippen LogP contribution in [0, 0.1) is 5.92 Å². The Labute approximate surface area is 98.8 Å². The average Bonchev–Trinajstić information content (AvgIpc) is 2.20. The molecule has 96 valence electrons. The normalized spacial score (nSPS) is 14.9. The minimum Gasteiger partial charge on any atom is -0.393 e. The highest BCUT2D eigenvalue weighted by Gasteiger charge is 2.11. The SMILES string of the molecule is CC(C)CNC(=O)C(C)NCCCC(C)O. The maximum atomic E-state index is 11.6. The lowest BCUT2D eigenvalue weighted by Crippen LogP contribution is -2.43. The van der Waals surface area contributed by atoms with Crippen LogP contribution in [0.5, 0.6) is 0 Å². The van der Waals surface area contributed by atoms with Crippen molar-refractivity contribution in [1.82, 2.24) is 10.6 Å². The summed E-state index contributed by atoms with van der Waals surface area (Å²) in [5.41, 5.74) is 0. The second-order valence-electron chi connectivity index (χ2n) is 4.81. The molecule has 0 radical (unpaired) electrons. The Morgan fingerprint density at radius 2 is 1.88 bits per heavy atom. The standard InChI is InChI=1S/C12H26N2O2/c1-9(2)8-14-12(16)11(4)13-7-5-6-10(3)15/h9-11,13,15H,5-8H2,1-4H3,(H,14,16). The molecule has 0 bridgehead atoms. The number of carbonyl (C=O) groups is 1. The lowest BCUT2D eigenvalue weighted by molar-refractivity contribution is -0.122. The Kier molecular flexibility index (Phi) is 8.21. The molecule has 0 aromatic heterocycles. The van der Waals surface area contributed by atoms with Crippen molar-refractivity contribution in [2.24, 2.45) is 5.92 Å². The summed E-state index contributed by atoms with van der Waals surface area (Å²) in [6.07, 6.45) is 1.40. The van der Waals surface area contributed by atoms with Crippen LogP contribution in [-0.2, 0) is 4.79 Å². The molecule has 3 N–H and O–H groups in total. The topological polar surface area (TPSA) is 61.4 Å². The van der Waals surface area contributed by atoms with Crippen molar-refractivity contribution in [2.45, 2.75) is 52.7 Å². The molecule has 0 saturated heterocycles. The second-order valence-corrected chi connectivity index (χ2v) is 4.81. The molecule has 2 atom stereocenters. The second kappa shape index (κ2) is 8.53. The van der Waals surface area contributed by atoms with Crippen LogP contribution in [0.3, 0.4) is 0 Å². The Morgan fingerprint density at radius 3 is 2.38 bits per heavy atom. The van der Waals surface area contributed by atoms with Gasteiger partial charge in [0.1, 0.15) is 0 Å². The van der Waals surface area contributed by atoms with E-state index in [1.807, 2.05) is 6.92 Å². The molecule has 0 fully saturated rings. The number of aliphatic hydroxyl groups excluding tert-OH is 1. The van der Waals surface area contributed by atoms with Crippen LogP contribution >= 0.6 is 0 Å². The Balaban J connectivity index is 3.55. The maximum absolute atomic E-state index is 11.6. The van der Waals surface area contributed by atoms with Crippen molar-refractivity contribution < 1.29 is 9.90 Å². The minimum atomic E-state index is -0.258. The zero-order valence-corrected chi connectivity index (χ0v) is 10.9. The molecule has 0 spiro atoms. The van der Waals surface area contributed by atoms with Crippen molar-refractivity contribution in [3.8, 4) is 0 Å². The van der Waals surface area contributed by atoms with Crippen molar-refractivity contribution in [3.63, 3.8) is 0 Å². The molecule has 0 saturated carbocycles. The number of rotatable bonds is 8. The molecular weight excluding hydrogens is 204 g/mol. The van der Waals surface area contributed by atoms with E-state index in [0.717, 1.165) is 25.9 Å². The van der Waals surface area contributed by atoms with E-state index in [1.165, 1.54) is 0 Å². The summed E-state index contributed by atoms with van der Waals surface area (Å²) in [6.45, 7) is 9.26. The third kappa shape index (κ3) is 8.68. The van der Waals surface area contributed by atoms with Crippen LogP contribution in [0.1, 0.15) is 40.5 Å². The Hall–Kier alpha value is -0.610. The van der Waals surface area contributed by atoms with Crippen molar-refractivity contribution in [1.29, 1.82) is 0 Å². The highest BCUT2D eigenvalue weighted by Crippen LogP contribution is 1.95. The summed E-state index contributed by atoms with van der Waals surface area (Å²) in [4.78, 5) is 11.6. The molecule has 0 heterocycles. The smallest absolute Gasteiger partial charge is 0.236 e. The highest BCUT2D eigenvalue weighted by atomic mass is 16.3. The molecule has 0 aliphatic heterocycles. The molecule has 0 aliphatic carbocycles. The lowest BCUT2D eigenvalue weighted by Gasteiger charge is -2.15. The van der Waals surface area contributed by atoms with E-state index in [1.54, 1.807) is 6.92 Å². The third-order valence-corrected chi connectivity index (χ3v) is 2.33. The zero-order valence-electron chi connectivity index (χ0n) is 10.9. The summed E-state index contributed by atoms with van der Waals surface area (Å²) in [6, 6.07) is -0.159. The summed E-state index contributed by atoms with van der Waals surface area (Å²) < 4.78 is 0. The van der Waals surface area contributed by atoms with Gasteiger partial charge >= 0.3 is 0 Å². The third-order valence-electron chi connectivity index (χ3n) is 2.33. The van der Waals surface area contributed by atoms with E-state index < -0.39 is 0 Å². The number of amides is 1. The van der Waals surface area contributed by atoms with Gasteiger partial charge in [-0.25, -0.2) is 0 Å². The Bertz CT molecular complexity index is 193. The fourth-order valence-corrected chi connectivity index (χ4v) is 1.27. The minimum absolute atomic E-state index is 0.0470. The molecule has 4 heteroatoms. The van der Waals surface area contributed by atoms with Crippen LogP contribution in [0.4, 0.5) is 0 Å². The quantitative estimate of drug-likeness (QED) is 0.543. The highest BCUT2D eigenvalue weighted by molar-refractivity contribution is 5.81. The average molecular weight is 230 g/mol. The largest absolute Gasteiger partial charge is 0.393 e. The molecule has 0 aliphatic rings. The van der Waals surface area contributed by atoms with Crippen LogP contribution in [0.2, 0.25) is 0 Å². The van der Waals surface area contributed by atoms with Gasteiger partial charge in [-0.05, 0) is 39.2 Å². The van der Waals surface area contributed by atoms with E-state index in [-0.39, 0.29) is 18.1 Å². The monoisotopic (exact) mass is 230 g/mol. The van der Waals surface area contributed by atoms with Gasteiger partial charge in [-0.2, -0.15) is 0 Å². The number of carbonyl (C=O) groups excluding carboxylic acids is 1.